The number of thioether (sulfide) groups is 1. The Balaban J connectivity index is 3.41. The maximum atomic E-state index is 5.80. The lowest BCUT2D eigenvalue weighted by atomic mass is 10.1. The molecule has 0 saturated carbocycles. The van der Waals surface area contributed by atoms with E-state index in [9.17, 15) is 0 Å². The molecule has 2 heteroatoms. The summed E-state index contributed by atoms with van der Waals surface area (Å²) in [6, 6.07) is 0.220. The summed E-state index contributed by atoms with van der Waals surface area (Å²) < 4.78 is 0. The number of nitrogens with two attached hydrogens (primary N) is 1. The van der Waals surface area contributed by atoms with Crippen molar-refractivity contribution in [2.75, 3.05) is 12.0 Å². The molecule has 10 heavy (non-hydrogen) atoms. The number of hydrogen-bond acceptors (Lipinski definition) is 2. The Hall–Kier alpha value is 0.0500. The van der Waals surface area contributed by atoms with Crippen LogP contribution in [0.25, 0.3) is 0 Å². The van der Waals surface area contributed by atoms with Crippen LogP contribution in [0.3, 0.4) is 0 Å². The summed E-state index contributed by atoms with van der Waals surface area (Å²) in [6.45, 7) is 5.99. The van der Waals surface area contributed by atoms with Gasteiger partial charge in [0, 0.05) is 6.04 Å². The van der Waals surface area contributed by atoms with Crippen LogP contribution >= 0.6 is 11.8 Å². The van der Waals surface area contributed by atoms with E-state index < -0.39 is 0 Å². The van der Waals surface area contributed by atoms with Crippen LogP contribution in [0.5, 0.6) is 0 Å². The lowest BCUT2D eigenvalue weighted by Crippen LogP contribution is -2.22. The predicted octanol–water partition coefficient (Wildman–Crippen LogP) is 2.03. The van der Waals surface area contributed by atoms with Crippen molar-refractivity contribution < 1.29 is 0 Å². The van der Waals surface area contributed by atoms with Crippen molar-refractivity contribution in [1.29, 1.82) is 0 Å². The Kier molecular flexibility index (Phi) is 5.84. The summed E-state index contributed by atoms with van der Waals surface area (Å²) in [4.78, 5) is 0. The quantitative estimate of drug-likeness (QED) is 0.621. The van der Waals surface area contributed by atoms with Crippen LogP contribution in [0.1, 0.15) is 19.8 Å². The molecular weight excluding hydrogens is 142 g/mol. The lowest BCUT2D eigenvalue weighted by molar-refractivity contribution is 0.723. The molecule has 0 bridgehead atoms. The average Bonchev–Trinajstić information content (AvgIpc) is 1.98. The van der Waals surface area contributed by atoms with Crippen molar-refractivity contribution in [3.05, 3.63) is 12.2 Å². The largest absolute Gasteiger partial charge is 0.324 e. The highest BCUT2D eigenvalue weighted by Gasteiger charge is 2.03. The summed E-state index contributed by atoms with van der Waals surface area (Å²) in [6.07, 6.45) is 4.17. The summed E-state index contributed by atoms with van der Waals surface area (Å²) in [7, 11) is 0. The Labute approximate surface area is 68.1 Å². The minimum Gasteiger partial charge on any atom is -0.324 e. The summed E-state index contributed by atoms with van der Waals surface area (Å²) in [5, 5.41) is 0. The third-order valence-corrected chi connectivity index (χ3v) is 2.26. The van der Waals surface area contributed by atoms with Crippen molar-refractivity contribution in [1.82, 2.24) is 0 Å². The molecule has 0 aromatic heterocycles. The summed E-state index contributed by atoms with van der Waals surface area (Å²) in [5.74, 6) is 1.14. The molecule has 0 unspecified atom stereocenters. The van der Waals surface area contributed by atoms with Crippen LogP contribution in [0.2, 0.25) is 0 Å². The van der Waals surface area contributed by atoms with Crippen LogP contribution < -0.4 is 5.73 Å². The van der Waals surface area contributed by atoms with Gasteiger partial charge in [-0.3, -0.25) is 0 Å². The topological polar surface area (TPSA) is 26.0 Å². The first-order valence-corrected chi connectivity index (χ1v) is 5.04. The summed E-state index contributed by atoms with van der Waals surface area (Å²) in [5.41, 5.74) is 6.98. The van der Waals surface area contributed by atoms with E-state index in [2.05, 4.69) is 19.8 Å². The molecule has 0 aliphatic rings. The maximum Gasteiger partial charge on any atom is 0.0258 e. The smallest absolute Gasteiger partial charge is 0.0258 e. The van der Waals surface area contributed by atoms with Gasteiger partial charge >= 0.3 is 0 Å². The van der Waals surface area contributed by atoms with E-state index in [4.69, 9.17) is 5.73 Å². The second-order valence-corrected chi connectivity index (χ2v) is 3.39. The van der Waals surface area contributed by atoms with Crippen LogP contribution in [0.4, 0.5) is 0 Å². The van der Waals surface area contributed by atoms with Crippen LogP contribution in [0.15, 0.2) is 12.2 Å². The van der Waals surface area contributed by atoms with Gasteiger partial charge in [-0.25, -0.2) is 0 Å². The fraction of sp³-hybridized carbons (Fsp3) is 0.750. The van der Waals surface area contributed by atoms with Crippen LogP contribution in [-0.2, 0) is 0 Å². The second kappa shape index (κ2) is 5.81. The minimum atomic E-state index is 0.220. The molecule has 1 nitrogen and oxygen atoms in total. The van der Waals surface area contributed by atoms with Gasteiger partial charge in [0.15, 0.2) is 0 Å². The van der Waals surface area contributed by atoms with E-state index in [0.29, 0.717) is 0 Å². The van der Waals surface area contributed by atoms with Gasteiger partial charge in [0.1, 0.15) is 0 Å². The van der Waals surface area contributed by atoms with E-state index in [1.165, 1.54) is 5.57 Å². The monoisotopic (exact) mass is 159 g/mol. The highest BCUT2D eigenvalue weighted by molar-refractivity contribution is 7.98. The fourth-order valence-electron chi connectivity index (χ4n) is 0.711. The number of hydrogen-bond donors (Lipinski definition) is 1. The molecule has 0 aliphatic carbocycles. The molecule has 0 aromatic rings. The van der Waals surface area contributed by atoms with E-state index >= 15 is 0 Å². The van der Waals surface area contributed by atoms with Gasteiger partial charge < -0.3 is 5.73 Å². The molecule has 0 spiro atoms. The molecule has 0 heterocycles. The molecule has 0 rings (SSSR count). The summed E-state index contributed by atoms with van der Waals surface area (Å²) >= 11 is 1.84. The van der Waals surface area contributed by atoms with Crippen molar-refractivity contribution in [2.45, 2.75) is 25.8 Å². The highest BCUT2D eigenvalue weighted by Crippen LogP contribution is 2.07. The van der Waals surface area contributed by atoms with E-state index in [1.807, 2.05) is 11.8 Å². The highest BCUT2D eigenvalue weighted by atomic mass is 32.2. The van der Waals surface area contributed by atoms with E-state index in [-0.39, 0.29) is 6.04 Å². The molecule has 1 atom stereocenters. The van der Waals surface area contributed by atoms with Gasteiger partial charge in [0.05, 0.1) is 0 Å². The Bertz CT molecular complexity index is 101. The Morgan fingerprint density at radius 1 is 1.70 bits per heavy atom. The zero-order valence-corrected chi connectivity index (χ0v) is 7.71. The van der Waals surface area contributed by atoms with Gasteiger partial charge in [-0.05, 0) is 24.9 Å². The van der Waals surface area contributed by atoms with Gasteiger partial charge in [-0.15, -0.1) is 0 Å². The van der Waals surface area contributed by atoms with Crippen LogP contribution in [0, 0.1) is 0 Å². The molecule has 0 amide bonds. The van der Waals surface area contributed by atoms with Crippen molar-refractivity contribution >= 4 is 11.8 Å². The Morgan fingerprint density at radius 2 is 2.30 bits per heavy atom. The zero-order valence-electron chi connectivity index (χ0n) is 6.89. The Morgan fingerprint density at radius 3 is 2.70 bits per heavy atom. The van der Waals surface area contributed by atoms with Crippen molar-refractivity contribution in [3.8, 4) is 0 Å². The molecule has 0 radical (unpaired) electrons. The van der Waals surface area contributed by atoms with Crippen molar-refractivity contribution in [3.63, 3.8) is 0 Å². The second-order valence-electron chi connectivity index (χ2n) is 2.40. The fourth-order valence-corrected chi connectivity index (χ4v) is 1.20. The lowest BCUT2D eigenvalue weighted by Gasteiger charge is -2.11. The molecular formula is C8H17NS. The minimum absolute atomic E-state index is 0.220. The van der Waals surface area contributed by atoms with Crippen LogP contribution in [-0.4, -0.2) is 18.1 Å². The standard InChI is InChI=1S/C8H17NS/c1-4-7(2)8(9)5-6-10-3/h8H,2,4-6,9H2,1,3H3/t8-/m0/s1. The molecule has 0 aromatic carbocycles. The van der Waals surface area contributed by atoms with Crippen molar-refractivity contribution in [2.24, 2.45) is 5.73 Å². The molecule has 2 N–H and O–H groups in total. The zero-order chi connectivity index (χ0) is 7.98. The first-order valence-electron chi connectivity index (χ1n) is 3.64. The third-order valence-electron chi connectivity index (χ3n) is 1.61. The molecule has 0 fully saturated rings. The normalized spacial score (nSPS) is 13.1. The molecule has 60 valence electrons. The van der Waals surface area contributed by atoms with Gasteiger partial charge in [0.2, 0.25) is 0 Å². The molecule has 0 saturated heterocycles. The first-order chi connectivity index (χ1) is 4.72. The maximum absolute atomic E-state index is 5.80. The molecule has 0 aliphatic heterocycles. The van der Waals surface area contributed by atoms with E-state index in [1.54, 1.807) is 0 Å². The van der Waals surface area contributed by atoms with Gasteiger partial charge in [-0.1, -0.05) is 19.1 Å². The van der Waals surface area contributed by atoms with E-state index in [0.717, 1.165) is 18.6 Å². The average molecular weight is 159 g/mol. The third kappa shape index (κ3) is 3.96. The van der Waals surface area contributed by atoms with Gasteiger partial charge in [0.25, 0.3) is 0 Å². The van der Waals surface area contributed by atoms with Gasteiger partial charge in [-0.2, -0.15) is 11.8 Å². The SMILES string of the molecule is C=C(CC)[C@@H](N)CCSC. The first kappa shape index (κ1) is 10.0. The predicted molar refractivity (Wildman–Crippen MR) is 50.4 cm³/mol. The number of rotatable bonds is 5.